The molecule has 0 spiro atoms. The Hall–Kier alpha value is -3.16. The van der Waals surface area contributed by atoms with Crippen molar-refractivity contribution >= 4 is 11.9 Å². The van der Waals surface area contributed by atoms with E-state index in [9.17, 15) is 35.1 Å². The predicted octanol–water partition coefficient (Wildman–Crippen LogP) is 18.8. The first-order chi connectivity index (χ1) is 42.7. The molecular formula is C76H135NO10. The van der Waals surface area contributed by atoms with Gasteiger partial charge in [-0.05, 0) is 103 Å². The Labute approximate surface area is 533 Å². The highest BCUT2D eigenvalue weighted by molar-refractivity contribution is 5.80. The first kappa shape index (κ1) is 81.9. The predicted molar refractivity (Wildman–Crippen MR) is 366 cm³/mol. The van der Waals surface area contributed by atoms with E-state index in [0.29, 0.717) is 12.8 Å². The van der Waals surface area contributed by atoms with Crippen LogP contribution in [0, 0.1) is 0 Å². The molecule has 1 heterocycles. The van der Waals surface area contributed by atoms with Crippen LogP contribution in [0.5, 0.6) is 0 Å². The SMILES string of the molecule is CCCCC/C=C\C/C=C\C/C=C\C/C=C\CCCCCCCCCCCC(=O)OC1C(OCC(NC(=O)C(O)CCCCCCCCCCCCCC/C=C\C/C=C\CCCCC)C(O)/C=C/CCCCCCCCCCC)OC(CO)C(O)C1O. The van der Waals surface area contributed by atoms with Gasteiger partial charge in [-0.3, -0.25) is 9.59 Å². The Morgan fingerprint density at radius 3 is 1.21 bits per heavy atom. The van der Waals surface area contributed by atoms with Crippen molar-refractivity contribution in [3.63, 3.8) is 0 Å². The highest BCUT2D eigenvalue weighted by Crippen LogP contribution is 2.26. The molecule has 11 heteroatoms. The number of hydrogen-bond acceptors (Lipinski definition) is 10. The van der Waals surface area contributed by atoms with Crippen LogP contribution in [0.1, 0.15) is 323 Å². The van der Waals surface area contributed by atoms with Crippen molar-refractivity contribution < 1.29 is 49.3 Å². The molecule has 87 heavy (non-hydrogen) atoms. The second-order valence-corrected chi connectivity index (χ2v) is 25.0. The molecule has 1 fully saturated rings. The zero-order valence-corrected chi connectivity index (χ0v) is 56.1. The molecule has 0 aromatic heterocycles. The van der Waals surface area contributed by atoms with Gasteiger partial charge in [-0.25, -0.2) is 0 Å². The fourth-order valence-electron chi connectivity index (χ4n) is 11.0. The van der Waals surface area contributed by atoms with Crippen molar-refractivity contribution in [2.75, 3.05) is 13.2 Å². The number of allylic oxidation sites excluding steroid dienone is 13. The molecule has 8 unspecified atom stereocenters. The number of carbonyl (C=O) groups is 2. The lowest BCUT2D eigenvalue weighted by Crippen LogP contribution is -2.61. The van der Waals surface area contributed by atoms with Gasteiger partial charge >= 0.3 is 5.97 Å². The smallest absolute Gasteiger partial charge is 0.306 e. The van der Waals surface area contributed by atoms with Gasteiger partial charge in [-0.15, -0.1) is 0 Å². The molecule has 0 saturated carbocycles. The maximum Gasteiger partial charge on any atom is 0.306 e. The van der Waals surface area contributed by atoms with Gasteiger partial charge < -0.3 is 45.1 Å². The molecule has 0 aromatic carbocycles. The minimum atomic E-state index is -1.62. The number of rotatable bonds is 62. The maximum absolute atomic E-state index is 13.5. The molecule has 0 aliphatic carbocycles. The van der Waals surface area contributed by atoms with Crippen LogP contribution in [0.25, 0.3) is 0 Å². The van der Waals surface area contributed by atoms with Crippen LogP contribution in [0.15, 0.2) is 85.1 Å². The van der Waals surface area contributed by atoms with E-state index < -0.39 is 67.4 Å². The number of ether oxygens (including phenoxy) is 3. The quantitative estimate of drug-likeness (QED) is 0.0195. The van der Waals surface area contributed by atoms with Gasteiger partial charge in [0.2, 0.25) is 5.91 Å². The number of hydrogen-bond donors (Lipinski definition) is 6. The monoisotopic (exact) mass is 1220 g/mol. The second kappa shape index (κ2) is 63.0. The van der Waals surface area contributed by atoms with E-state index in [1.54, 1.807) is 6.08 Å². The Balaban J connectivity index is 2.55. The molecule has 1 aliphatic rings. The minimum absolute atomic E-state index is 0.114. The fraction of sp³-hybridized carbons (Fsp3) is 0.789. The van der Waals surface area contributed by atoms with Crippen molar-refractivity contribution in [2.45, 2.75) is 372 Å². The molecule has 504 valence electrons. The van der Waals surface area contributed by atoms with Crippen LogP contribution in [0.4, 0.5) is 0 Å². The summed E-state index contributed by atoms with van der Waals surface area (Å²) in [5.41, 5.74) is 0. The number of aliphatic hydroxyl groups excluding tert-OH is 5. The topological polar surface area (TPSA) is 175 Å². The van der Waals surface area contributed by atoms with E-state index in [1.165, 1.54) is 180 Å². The highest BCUT2D eigenvalue weighted by atomic mass is 16.7. The third-order valence-electron chi connectivity index (χ3n) is 16.8. The largest absolute Gasteiger partial charge is 0.454 e. The first-order valence-electron chi connectivity index (χ1n) is 36.4. The number of aliphatic hydroxyl groups is 5. The first-order valence-corrected chi connectivity index (χ1v) is 36.4. The summed E-state index contributed by atoms with van der Waals surface area (Å²) < 4.78 is 17.7. The van der Waals surface area contributed by atoms with E-state index in [0.717, 1.165) is 96.3 Å². The molecule has 1 saturated heterocycles. The lowest BCUT2D eigenvalue weighted by molar-refractivity contribution is -0.305. The summed E-state index contributed by atoms with van der Waals surface area (Å²) in [5, 5.41) is 57.2. The summed E-state index contributed by atoms with van der Waals surface area (Å²) in [7, 11) is 0. The van der Waals surface area contributed by atoms with Crippen molar-refractivity contribution in [1.29, 1.82) is 0 Å². The summed E-state index contributed by atoms with van der Waals surface area (Å²) in [5.74, 6) is -1.20. The average Bonchev–Trinajstić information content (AvgIpc) is 3.12. The van der Waals surface area contributed by atoms with Crippen LogP contribution in [-0.2, 0) is 23.8 Å². The zero-order chi connectivity index (χ0) is 63.1. The lowest BCUT2D eigenvalue weighted by Gasteiger charge is -2.41. The number of esters is 1. The Bertz CT molecular complexity index is 1740. The van der Waals surface area contributed by atoms with Gasteiger partial charge in [-0.1, -0.05) is 298 Å². The van der Waals surface area contributed by atoms with Gasteiger partial charge in [0.15, 0.2) is 12.4 Å². The molecule has 8 atom stereocenters. The summed E-state index contributed by atoms with van der Waals surface area (Å²) in [6.07, 6.45) is 73.3. The van der Waals surface area contributed by atoms with Crippen molar-refractivity contribution in [3.05, 3.63) is 85.1 Å². The Morgan fingerprint density at radius 2 is 0.793 bits per heavy atom. The highest BCUT2D eigenvalue weighted by Gasteiger charge is 2.47. The fourth-order valence-corrected chi connectivity index (χ4v) is 11.0. The summed E-state index contributed by atoms with van der Waals surface area (Å²) >= 11 is 0. The number of carbonyl (C=O) groups excluding carboxylic acids is 2. The zero-order valence-electron chi connectivity index (χ0n) is 56.1. The molecule has 0 bridgehead atoms. The van der Waals surface area contributed by atoms with E-state index in [1.807, 2.05) is 6.08 Å². The maximum atomic E-state index is 13.5. The number of nitrogens with one attached hydrogen (secondary N) is 1. The van der Waals surface area contributed by atoms with Crippen LogP contribution in [0.2, 0.25) is 0 Å². The Kier molecular flexibility index (Phi) is 59.3. The van der Waals surface area contributed by atoms with Gasteiger partial charge in [0.05, 0.1) is 25.4 Å². The van der Waals surface area contributed by atoms with E-state index >= 15 is 0 Å². The Morgan fingerprint density at radius 1 is 0.448 bits per heavy atom. The molecule has 1 amide bonds. The van der Waals surface area contributed by atoms with Crippen molar-refractivity contribution in [3.8, 4) is 0 Å². The normalized spacial score (nSPS) is 18.7. The van der Waals surface area contributed by atoms with Crippen LogP contribution >= 0.6 is 0 Å². The molecule has 11 nitrogen and oxygen atoms in total. The molecule has 0 aromatic rings. The van der Waals surface area contributed by atoms with E-state index in [4.69, 9.17) is 14.2 Å². The summed E-state index contributed by atoms with van der Waals surface area (Å²) in [6.45, 7) is 5.76. The average molecular weight is 1220 g/mol. The molecule has 0 radical (unpaired) electrons. The van der Waals surface area contributed by atoms with Crippen LogP contribution in [0.3, 0.4) is 0 Å². The summed E-state index contributed by atoms with van der Waals surface area (Å²) in [4.78, 5) is 26.7. The van der Waals surface area contributed by atoms with E-state index in [2.05, 4.69) is 99.0 Å². The molecule has 6 N–H and O–H groups in total. The van der Waals surface area contributed by atoms with Gasteiger partial charge in [0, 0.05) is 6.42 Å². The second-order valence-electron chi connectivity index (χ2n) is 25.0. The minimum Gasteiger partial charge on any atom is -0.454 e. The van der Waals surface area contributed by atoms with Gasteiger partial charge in [0.25, 0.3) is 0 Å². The lowest BCUT2D eigenvalue weighted by atomic mass is 9.99. The van der Waals surface area contributed by atoms with E-state index in [-0.39, 0.29) is 19.4 Å². The van der Waals surface area contributed by atoms with Gasteiger partial charge in [0.1, 0.15) is 24.4 Å². The third-order valence-corrected chi connectivity index (χ3v) is 16.8. The summed E-state index contributed by atoms with van der Waals surface area (Å²) in [6, 6.07) is -1.03. The molecule has 1 aliphatic heterocycles. The molecular weight excluding hydrogens is 1090 g/mol. The van der Waals surface area contributed by atoms with Crippen LogP contribution < -0.4 is 5.32 Å². The standard InChI is InChI=1S/C76H135NO10/c1-4-7-10-13-16-19-22-24-26-28-30-32-34-35-36-38-40-42-44-46-49-52-55-58-61-64-71(81)87-74-73(83)72(82)70(65-78)86-76(74)85-66-67(68(79)62-59-56-53-50-47-21-18-15-12-9-6-3)77-75(84)69(80)63-60-57-54-51-48-45-43-41-39-37-33-31-29-27-25-23-20-17-14-11-8-5-2/h16-17,19-20,24-27,30,32,35-36,59,62,67-70,72-74,76,78-80,82-83H,4-15,18,21-23,28-29,31,33-34,37-58,60-61,63-66H2,1-3H3,(H,77,84)/b19-16-,20-17-,26-24-,27-25-,32-30-,36-35-,62-59+. The molecule has 1 rings (SSSR count). The van der Waals surface area contributed by atoms with Gasteiger partial charge in [-0.2, -0.15) is 0 Å². The van der Waals surface area contributed by atoms with Crippen LogP contribution in [-0.4, -0.2) is 99.6 Å². The third kappa shape index (κ3) is 50.2. The van der Waals surface area contributed by atoms with Crippen molar-refractivity contribution in [1.82, 2.24) is 5.32 Å². The van der Waals surface area contributed by atoms with Crippen molar-refractivity contribution in [2.24, 2.45) is 0 Å². The number of unbranched alkanes of at least 4 members (excludes halogenated alkanes) is 36. The number of amides is 1.